The number of likely N-dealkylation sites (tertiary alicyclic amines) is 1. The van der Waals surface area contributed by atoms with Gasteiger partial charge in [-0.15, -0.1) is 0 Å². The van der Waals surface area contributed by atoms with E-state index in [4.69, 9.17) is 4.74 Å². The molecule has 1 heterocycles. The van der Waals surface area contributed by atoms with Crippen LogP contribution in [0.1, 0.15) is 23.2 Å². The summed E-state index contributed by atoms with van der Waals surface area (Å²) in [5.41, 5.74) is 0.641. The van der Waals surface area contributed by atoms with Crippen molar-refractivity contribution in [2.24, 2.45) is 5.92 Å². The van der Waals surface area contributed by atoms with Gasteiger partial charge in [0.15, 0.2) is 0 Å². The highest BCUT2D eigenvalue weighted by atomic mass is 127. The van der Waals surface area contributed by atoms with Crippen LogP contribution in [0.2, 0.25) is 0 Å². The van der Waals surface area contributed by atoms with Crippen molar-refractivity contribution < 1.29 is 14.3 Å². The topological polar surface area (TPSA) is 46.6 Å². The Hall–Kier alpha value is -0.630. The summed E-state index contributed by atoms with van der Waals surface area (Å²) in [6.45, 7) is 1.12. The molecule has 2 rings (SSSR count). The largest absolute Gasteiger partial charge is 0.469 e. The van der Waals surface area contributed by atoms with Crippen LogP contribution >= 0.6 is 38.5 Å². The molecule has 20 heavy (non-hydrogen) atoms. The van der Waals surface area contributed by atoms with Crippen molar-refractivity contribution >= 4 is 50.4 Å². The van der Waals surface area contributed by atoms with Crippen molar-refractivity contribution in [3.05, 3.63) is 31.8 Å². The van der Waals surface area contributed by atoms with Crippen molar-refractivity contribution in [1.82, 2.24) is 4.90 Å². The van der Waals surface area contributed by atoms with E-state index in [0.29, 0.717) is 18.7 Å². The molecule has 0 aromatic heterocycles. The van der Waals surface area contributed by atoms with Crippen molar-refractivity contribution in [1.29, 1.82) is 0 Å². The Labute approximate surface area is 140 Å². The summed E-state index contributed by atoms with van der Waals surface area (Å²) in [4.78, 5) is 25.9. The van der Waals surface area contributed by atoms with Gasteiger partial charge >= 0.3 is 5.97 Å². The lowest BCUT2D eigenvalue weighted by Crippen LogP contribution is -2.42. The minimum atomic E-state index is -0.232. The van der Waals surface area contributed by atoms with Gasteiger partial charge in [-0.05, 0) is 69.6 Å². The van der Waals surface area contributed by atoms with Crippen LogP contribution in [0, 0.1) is 9.49 Å². The number of esters is 1. The maximum atomic E-state index is 12.6. The molecule has 108 valence electrons. The predicted molar refractivity (Wildman–Crippen MR) is 87.5 cm³/mol. The Bertz CT molecular complexity index is 535. The predicted octanol–water partition coefficient (Wildman–Crippen LogP) is 3.08. The Morgan fingerprint density at radius 1 is 1.45 bits per heavy atom. The number of amides is 1. The first-order valence-electron chi connectivity index (χ1n) is 6.35. The number of hydrogen-bond donors (Lipinski definition) is 0. The molecule has 0 bridgehead atoms. The second kappa shape index (κ2) is 6.89. The molecule has 1 saturated heterocycles. The zero-order valence-electron chi connectivity index (χ0n) is 11.1. The molecule has 1 fully saturated rings. The molecule has 0 saturated carbocycles. The highest BCUT2D eigenvalue weighted by molar-refractivity contribution is 14.1. The monoisotopic (exact) mass is 451 g/mol. The summed E-state index contributed by atoms with van der Waals surface area (Å²) in [6, 6.07) is 5.67. The average molecular weight is 452 g/mol. The third kappa shape index (κ3) is 3.52. The van der Waals surface area contributed by atoms with Crippen molar-refractivity contribution in [3.63, 3.8) is 0 Å². The molecular formula is C14H15BrINO3. The summed E-state index contributed by atoms with van der Waals surface area (Å²) in [5.74, 6) is -0.479. The lowest BCUT2D eigenvalue weighted by Gasteiger charge is -2.31. The first-order chi connectivity index (χ1) is 9.52. The fraction of sp³-hybridized carbons (Fsp3) is 0.429. The molecule has 0 radical (unpaired) electrons. The minimum absolute atomic E-state index is 0.0380. The molecular weight excluding hydrogens is 437 g/mol. The van der Waals surface area contributed by atoms with Crippen LogP contribution in [0.15, 0.2) is 22.7 Å². The van der Waals surface area contributed by atoms with E-state index in [0.717, 1.165) is 20.9 Å². The third-order valence-electron chi connectivity index (χ3n) is 3.40. The zero-order valence-corrected chi connectivity index (χ0v) is 14.8. The van der Waals surface area contributed by atoms with E-state index in [2.05, 4.69) is 38.5 Å². The van der Waals surface area contributed by atoms with Crippen LogP contribution in [-0.2, 0) is 9.53 Å². The van der Waals surface area contributed by atoms with Gasteiger partial charge < -0.3 is 9.64 Å². The summed E-state index contributed by atoms with van der Waals surface area (Å²) in [7, 11) is 1.39. The SMILES string of the molecule is COC(=O)[C@H]1CCCN(C(=O)c2cc(I)ccc2Br)C1. The molecule has 0 unspecified atom stereocenters. The number of nitrogens with zero attached hydrogens (tertiary/aromatic N) is 1. The number of benzene rings is 1. The Morgan fingerprint density at radius 2 is 2.20 bits per heavy atom. The average Bonchev–Trinajstić information content (AvgIpc) is 2.48. The van der Waals surface area contributed by atoms with Crippen LogP contribution < -0.4 is 0 Å². The molecule has 1 aliphatic rings. The number of hydrogen-bond acceptors (Lipinski definition) is 3. The van der Waals surface area contributed by atoms with Gasteiger partial charge in [-0.1, -0.05) is 0 Å². The molecule has 6 heteroatoms. The van der Waals surface area contributed by atoms with Gasteiger partial charge in [0.25, 0.3) is 5.91 Å². The fourth-order valence-corrected chi connectivity index (χ4v) is 3.26. The summed E-state index contributed by atoms with van der Waals surface area (Å²) >= 11 is 5.59. The molecule has 1 aliphatic heterocycles. The molecule has 1 aromatic rings. The maximum absolute atomic E-state index is 12.6. The van der Waals surface area contributed by atoms with Gasteiger partial charge in [-0.3, -0.25) is 9.59 Å². The molecule has 1 atom stereocenters. The van der Waals surface area contributed by atoms with Crippen LogP contribution in [0.5, 0.6) is 0 Å². The first-order valence-corrected chi connectivity index (χ1v) is 8.22. The lowest BCUT2D eigenvalue weighted by atomic mass is 9.97. The molecule has 0 spiro atoms. The third-order valence-corrected chi connectivity index (χ3v) is 4.76. The van der Waals surface area contributed by atoms with Gasteiger partial charge in [0.2, 0.25) is 0 Å². The quantitative estimate of drug-likeness (QED) is 0.512. The maximum Gasteiger partial charge on any atom is 0.310 e. The van der Waals surface area contributed by atoms with Crippen molar-refractivity contribution in [2.75, 3.05) is 20.2 Å². The second-order valence-corrected chi connectivity index (χ2v) is 6.84. The standard InChI is InChI=1S/C14H15BrINO3/c1-20-14(19)9-3-2-6-17(8-9)13(18)11-7-10(16)4-5-12(11)15/h4-5,7,9H,2-3,6,8H2,1H3/t9-/m0/s1. The minimum Gasteiger partial charge on any atom is -0.469 e. The van der Waals surface area contributed by atoms with Gasteiger partial charge in [0.1, 0.15) is 0 Å². The number of methoxy groups -OCH3 is 1. The molecule has 4 nitrogen and oxygen atoms in total. The fourth-order valence-electron chi connectivity index (χ4n) is 2.35. The Balaban J connectivity index is 2.16. The van der Waals surface area contributed by atoms with E-state index < -0.39 is 0 Å². The van der Waals surface area contributed by atoms with E-state index in [1.807, 2.05) is 18.2 Å². The Morgan fingerprint density at radius 3 is 2.90 bits per heavy atom. The second-order valence-electron chi connectivity index (χ2n) is 4.74. The number of rotatable bonds is 2. The van der Waals surface area contributed by atoms with Crippen molar-refractivity contribution in [2.45, 2.75) is 12.8 Å². The van der Waals surface area contributed by atoms with Crippen LogP contribution in [0.25, 0.3) is 0 Å². The highest BCUT2D eigenvalue weighted by Crippen LogP contribution is 2.24. The van der Waals surface area contributed by atoms with E-state index in [9.17, 15) is 9.59 Å². The summed E-state index contributed by atoms with van der Waals surface area (Å²) in [5, 5.41) is 0. The first kappa shape index (κ1) is 15.8. The number of ether oxygens (including phenoxy) is 1. The summed E-state index contributed by atoms with van der Waals surface area (Å²) in [6.07, 6.45) is 1.61. The number of halogens is 2. The summed E-state index contributed by atoms with van der Waals surface area (Å²) < 4.78 is 6.57. The van der Waals surface area contributed by atoms with Crippen LogP contribution in [0.4, 0.5) is 0 Å². The molecule has 0 aliphatic carbocycles. The normalized spacial score (nSPS) is 18.8. The van der Waals surface area contributed by atoms with Gasteiger partial charge in [0.05, 0.1) is 18.6 Å². The van der Waals surface area contributed by atoms with E-state index in [-0.39, 0.29) is 17.8 Å². The van der Waals surface area contributed by atoms with Gasteiger partial charge in [-0.25, -0.2) is 0 Å². The zero-order chi connectivity index (χ0) is 14.7. The lowest BCUT2D eigenvalue weighted by molar-refractivity contribution is -0.146. The number of carbonyl (C=O) groups is 2. The Kier molecular flexibility index (Phi) is 5.42. The highest BCUT2D eigenvalue weighted by Gasteiger charge is 2.30. The van der Waals surface area contributed by atoms with Crippen LogP contribution in [-0.4, -0.2) is 37.0 Å². The number of piperidine rings is 1. The van der Waals surface area contributed by atoms with E-state index in [1.54, 1.807) is 4.90 Å². The van der Waals surface area contributed by atoms with Crippen LogP contribution in [0.3, 0.4) is 0 Å². The van der Waals surface area contributed by atoms with Crippen molar-refractivity contribution in [3.8, 4) is 0 Å². The van der Waals surface area contributed by atoms with E-state index >= 15 is 0 Å². The molecule has 1 aromatic carbocycles. The smallest absolute Gasteiger partial charge is 0.310 e. The molecule has 0 N–H and O–H groups in total. The molecule has 1 amide bonds. The van der Waals surface area contributed by atoms with E-state index in [1.165, 1.54) is 7.11 Å². The number of carbonyl (C=O) groups excluding carboxylic acids is 2. The van der Waals surface area contributed by atoms with Gasteiger partial charge in [0, 0.05) is 21.1 Å². The van der Waals surface area contributed by atoms with Gasteiger partial charge in [-0.2, -0.15) is 0 Å².